The maximum Gasteiger partial charge on any atom is 0.243 e. The second kappa shape index (κ2) is 6.59. The van der Waals surface area contributed by atoms with Crippen molar-refractivity contribution in [2.75, 3.05) is 13.1 Å². The average molecular weight is 343 g/mol. The number of hydrogen-bond acceptors (Lipinski definition) is 5. The molecule has 2 aromatic rings. The molecule has 1 saturated heterocycles. The number of sulfonamides is 1. The van der Waals surface area contributed by atoms with Crippen LogP contribution >= 0.6 is 0 Å². The number of aryl methyl sites for hydroxylation is 1. The fourth-order valence-corrected chi connectivity index (χ4v) is 3.95. The summed E-state index contributed by atoms with van der Waals surface area (Å²) in [5.74, 6) is 0.245. The van der Waals surface area contributed by atoms with E-state index in [1.807, 2.05) is 25.1 Å². The Labute approximate surface area is 141 Å². The van der Waals surface area contributed by atoms with Crippen LogP contribution in [-0.4, -0.2) is 36.9 Å². The van der Waals surface area contributed by atoms with Crippen molar-refractivity contribution in [1.29, 1.82) is 5.26 Å². The lowest BCUT2D eigenvalue weighted by Gasteiger charge is -2.37. The lowest BCUT2D eigenvalue weighted by atomic mass is 10.2. The maximum absolute atomic E-state index is 12.5. The number of benzene rings is 1. The molecule has 24 heavy (non-hydrogen) atoms. The highest BCUT2D eigenvalue weighted by Crippen LogP contribution is 2.25. The Morgan fingerprint density at radius 2 is 2.00 bits per heavy atom. The minimum Gasteiger partial charge on any atom is -0.471 e. The molecule has 124 valence electrons. The molecule has 7 heteroatoms. The van der Waals surface area contributed by atoms with E-state index in [4.69, 9.17) is 10.00 Å². The van der Waals surface area contributed by atoms with Gasteiger partial charge in [0.2, 0.25) is 15.9 Å². The van der Waals surface area contributed by atoms with Gasteiger partial charge in [0.05, 0.1) is 18.0 Å². The minimum atomic E-state index is -3.50. The van der Waals surface area contributed by atoms with E-state index in [1.165, 1.54) is 4.31 Å². The summed E-state index contributed by atoms with van der Waals surface area (Å²) in [5.41, 5.74) is 1.44. The summed E-state index contributed by atoms with van der Waals surface area (Å²) in [6.45, 7) is 2.52. The Bertz CT molecular complexity index is 867. The van der Waals surface area contributed by atoms with Crippen LogP contribution in [0.2, 0.25) is 0 Å². The van der Waals surface area contributed by atoms with Gasteiger partial charge in [-0.05, 0) is 36.2 Å². The molecule has 1 fully saturated rings. The van der Waals surface area contributed by atoms with Gasteiger partial charge in [0, 0.05) is 6.20 Å². The van der Waals surface area contributed by atoms with Crippen molar-refractivity contribution < 1.29 is 13.2 Å². The van der Waals surface area contributed by atoms with E-state index >= 15 is 0 Å². The van der Waals surface area contributed by atoms with Gasteiger partial charge in [-0.1, -0.05) is 19.1 Å². The Hall–Kier alpha value is -2.43. The second-order valence-electron chi connectivity index (χ2n) is 5.53. The first-order valence-electron chi connectivity index (χ1n) is 7.65. The normalized spacial score (nSPS) is 15.5. The molecule has 0 atom stereocenters. The molecule has 2 heterocycles. The van der Waals surface area contributed by atoms with Crippen LogP contribution < -0.4 is 4.74 Å². The minimum absolute atomic E-state index is 0.245. The summed E-state index contributed by atoms with van der Waals surface area (Å²) in [6.07, 6.45) is 2.11. The molecule has 0 bridgehead atoms. The molecule has 1 aromatic heterocycles. The van der Waals surface area contributed by atoms with Crippen LogP contribution in [0, 0.1) is 11.3 Å². The van der Waals surface area contributed by atoms with Crippen molar-refractivity contribution in [3.63, 3.8) is 0 Å². The van der Waals surface area contributed by atoms with Crippen molar-refractivity contribution >= 4 is 10.0 Å². The van der Waals surface area contributed by atoms with E-state index < -0.39 is 10.0 Å². The van der Waals surface area contributed by atoms with Crippen LogP contribution in [0.15, 0.2) is 47.5 Å². The van der Waals surface area contributed by atoms with Crippen LogP contribution in [0.3, 0.4) is 0 Å². The third kappa shape index (κ3) is 3.11. The number of rotatable bonds is 5. The molecule has 0 radical (unpaired) electrons. The molecule has 0 unspecified atom stereocenters. The molecular weight excluding hydrogens is 326 g/mol. The Kier molecular flexibility index (Phi) is 4.51. The van der Waals surface area contributed by atoms with Gasteiger partial charge >= 0.3 is 0 Å². The first-order chi connectivity index (χ1) is 11.5. The zero-order valence-electron chi connectivity index (χ0n) is 13.2. The Balaban J connectivity index is 1.66. The molecule has 3 rings (SSSR count). The molecule has 1 aliphatic heterocycles. The molecular formula is C17H17N3O3S. The Morgan fingerprint density at radius 1 is 1.29 bits per heavy atom. The van der Waals surface area contributed by atoms with Gasteiger partial charge in [0.15, 0.2) is 0 Å². The summed E-state index contributed by atoms with van der Waals surface area (Å²) in [4.78, 5) is 4.31. The topological polar surface area (TPSA) is 83.3 Å². The average Bonchev–Trinajstić information content (AvgIpc) is 2.57. The molecule has 0 N–H and O–H groups in total. The quantitative estimate of drug-likeness (QED) is 0.829. The van der Waals surface area contributed by atoms with Crippen molar-refractivity contribution in [1.82, 2.24) is 9.29 Å². The van der Waals surface area contributed by atoms with E-state index in [9.17, 15) is 8.42 Å². The largest absolute Gasteiger partial charge is 0.471 e. The van der Waals surface area contributed by atoms with Crippen molar-refractivity contribution in [3.05, 3.63) is 53.7 Å². The van der Waals surface area contributed by atoms with E-state index in [0.29, 0.717) is 5.56 Å². The Morgan fingerprint density at radius 3 is 2.62 bits per heavy atom. The maximum atomic E-state index is 12.5. The van der Waals surface area contributed by atoms with E-state index in [-0.39, 0.29) is 30.0 Å². The zero-order chi connectivity index (χ0) is 17.2. The van der Waals surface area contributed by atoms with Crippen LogP contribution in [0.1, 0.15) is 18.1 Å². The smallest absolute Gasteiger partial charge is 0.243 e. The zero-order valence-corrected chi connectivity index (χ0v) is 14.0. The number of hydrogen-bond donors (Lipinski definition) is 0. The fourth-order valence-electron chi connectivity index (χ4n) is 2.45. The molecule has 6 nitrogen and oxygen atoms in total. The monoisotopic (exact) mass is 343 g/mol. The van der Waals surface area contributed by atoms with Gasteiger partial charge in [0.25, 0.3) is 0 Å². The lowest BCUT2D eigenvalue weighted by Crippen LogP contribution is -2.56. The highest BCUT2D eigenvalue weighted by molar-refractivity contribution is 7.89. The summed E-state index contributed by atoms with van der Waals surface area (Å²) >= 11 is 0. The highest BCUT2D eigenvalue weighted by atomic mass is 32.2. The predicted molar refractivity (Wildman–Crippen MR) is 87.9 cm³/mol. The first kappa shape index (κ1) is 16.4. The summed E-state index contributed by atoms with van der Waals surface area (Å²) in [6, 6.07) is 12.2. The second-order valence-corrected chi connectivity index (χ2v) is 7.47. The third-order valence-corrected chi connectivity index (χ3v) is 5.80. The predicted octanol–water partition coefficient (Wildman–Crippen LogP) is 1.97. The van der Waals surface area contributed by atoms with Crippen LogP contribution in [-0.2, 0) is 16.4 Å². The van der Waals surface area contributed by atoms with Gasteiger partial charge in [-0.2, -0.15) is 9.57 Å². The molecule has 0 spiro atoms. The van der Waals surface area contributed by atoms with E-state index in [0.717, 1.165) is 12.0 Å². The van der Waals surface area contributed by atoms with Crippen molar-refractivity contribution in [2.45, 2.75) is 24.3 Å². The van der Waals surface area contributed by atoms with Crippen LogP contribution in [0.25, 0.3) is 0 Å². The molecule has 0 aliphatic carbocycles. The van der Waals surface area contributed by atoms with Gasteiger partial charge < -0.3 is 4.74 Å². The van der Waals surface area contributed by atoms with Gasteiger partial charge in [-0.3, -0.25) is 0 Å². The summed E-state index contributed by atoms with van der Waals surface area (Å²) in [5, 5.41) is 9.02. The molecule has 0 amide bonds. The summed E-state index contributed by atoms with van der Waals surface area (Å²) < 4.78 is 32.1. The number of ether oxygens (including phenoxy) is 1. The standard InChI is InChI=1S/C17H17N3O3S/c1-2-13-5-7-16(8-6-13)24(21,22)20-11-15(12-20)23-17-14(10-18)4-3-9-19-17/h3-9,15H,2,11-12H2,1H3. The molecule has 1 aliphatic rings. The summed E-state index contributed by atoms with van der Waals surface area (Å²) in [7, 11) is -3.50. The first-order valence-corrected chi connectivity index (χ1v) is 9.09. The van der Waals surface area contributed by atoms with Crippen LogP contribution in [0.5, 0.6) is 5.88 Å². The van der Waals surface area contributed by atoms with Crippen molar-refractivity contribution in [2.24, 2.45) is 0 Å². The molecule has 0 saturated carbocycles. The lowest BCUT2D eigenvalue weighted by molar-refractivity contribution is 0.0718. The van der Waals surface area contributed by atoms with E-state index in [1.54, 1.807) is 30.5 Å². The number of nitrogens with zero attached hydrogens (tertiary/aromatic N) is 3. The third-order valence-electron chi connectivity index (χ3n) is 3.95. The van der Waals surface area contributed by atoms with Crippen LogP contribution in [0.4, 0.5) is 0 Å². The fraction of sp³-hybridized carbons (Fsp3) is 0.294. The highest BCUT2D eigenvalue weighted by Gasteiger charge is 2.38. The number of aromatic nitrogens is 1. The SMILES string of the molecule is CCc1ccc(S(=O)(=O)N2CC(Oc3ncccc3C#N)C2)cc1. The van der Waals surface area contributed by atoms with Gasteiger partial charge in [-0.25, -0.2) is 13.4 Å². The number of nitriles is 1. The number of pyridine rings is 1. The van der Waals surface area contributed by atoms with Crippen molar-refractivity contribution in [3.8, 4) is 11.9 Å². The molecule has 1 aromatic carbocycles. The van der Waals surface area contributed by atoms with Gasteiger partial charge in [-0.15, -0.1) is 0 Å². The van der Waals surface area contributed by atoms with E-state index in [2.05, 4.69) is 4.98 Å². The van der Waals surface area contributed by atoms with Gasteiger partial charge in [0.1, 0.15) is 17.7 Å².